The summed E-state index contributed by atoms with van der Waals surface area (Å²) < 4.78 is 1.57. The van der Waals surface area contributed by atoms with Gasteiger partial charge in [-0.05, 0) is 23.5 Å². The lowest BCUT2D eigenvalue weighted by molar-refractivity contribution is -0.396. The van der Waals surface area contributed by atoms with Gasteiger partial charge in [-0.2, -0.15) is 0 Å². The second-order valence-electron chi connectivity index (χ2n) is 3.73. The Balaban J connectivity index is 2.30. The minimum Gasteiger partial charge on any atom is -0.390 e. The van der Waals surface area contributed by atoms with Crippen molar-refractivity contribution in [3.05, 3.63) is 57.9 Å². The fourth-order valence-corrected chi connectivity index (χ4v) is 1.73. The number of nitro groups is 1. The van der Waals surface area contributed by atoms with Crippen LogP contribution in [0.5, 0.6) is 0 Å². The summed E-state index contributed by atoms with van der Waals surface area (Å²) in [6.07, 6.45) is 5.26. The summed E-state index contributed by atoms with van der Waals surface area (Å²) in [6.45, 7) is 2.37. The summed E-state index contributed by atoms with van der Waals surface area (Å²) in [5.41, 5.74) is 1.78. The molecular weight excluding hydrogens is 230 g/mol. The van der Waals surface area contributed by atoms with Gasteiger partial charge in [0.05, 0.1) is 6.54 Å². The van der Waals surface area contributed by atoms with Gasteiger partial charge in [0.15, 0.2) is 0 Å². The van der Waals surface area contributed by atoms with Crippen molar-refractivity contribution in [1.29, 1.82) is 0 Å². The zero-order chi connectivity index (χ0) is 13.0. The molecule has 0 fully saturated rings. The van der Waals surface area contributed by atoms with Crippen molar-refractivity contribution in [2.75, 3.05) is 0 Å². The van der Waals surface area contributed by atoms with Gasteiger partial charge >= 0.3 is 5.95 Å². The van der Waals surface area contributed by atoms with Crippen LogP contribution in [0.15, 0.2) is 36.5 Å². The third-order valence-electron chi connectivity index (χ3n) is 2.59. The van der Waals surface area contributed by atoms with Crippen molar-refractivity contribution in [3.63, 3.8) is 0 Å². The van der Waals surface area contributed by atoms with E-state index >= 15 is 0 Å². The highest BCUT2D eigenvalue weighted by molar-refractivity contribution is 5.68. The van der Waals surface area contributed by atoms with Crippen molar-refractivity contribution in [2.45, 2.75) is 13.5 Å². The van der Waals surface area contributed by atoms with Gasteiger partial charge in [-0.25, -0.2) is 4.57 Å². The maximum Gasteiger partial charge on any atom is 0.435 e. The Labute approximate surface area is 105 Å². The standard InChI is InChI=1S/C13H13N3O2/c1-2-15-12(10-14-13(15)16(17)18)9-8-11-6-4-3-5-7-11/h3-10H,2H2,1H3/b9-8+. The maximum atomic E-state index is 10.8. The molecule has 1 aromatic carbocycles. The zero-order valence-electron chi connectivity index (χ0n) is 9.98. The number of nitrogens with zero attached hydrogens (tertiary/aromatic N) is 3. The number of hydrogen-bond donors (Lipinski definition) is 0. The molecule has 0 aliphatic carbocycles. The molecular formula is C13H13N3O2. The van der Waals surface area contributed by atoms with E-state index in [1.165, 1.54) is 6.20 Å². The fourth-order valence-electron chi connectivity index (χ4n) is 1.73. The predicted molar refractivity (Wildman–Crippen MR) is 69.9 cm³/mol. The first-order valence-electron chi connectivity index (χ1n) is 5.65. The first-order valence-corrected chi connectivity index (χ1v) is 5.65. The summed E-state index contributed by atoms with van der Waals surface area (Å²) in [4.78, 5) is 14.1. The van der Waals surface area contributed by atoms with Crippen molar-refractivity contribution in [1.82, 2.24) is 9.55 Å². The number of benzene rings is 1. The molecule has 5 nitrogen and oxygen atoms in total. The lowest BCUT2D eigenvalue weighted by atomic mass is 10.2. The molecule has 0 unspecified atom stereocenters. The van der Waals surface area contributed by atoms with E-state index in [1.54, 1.807) is 4.57 Å². The summed E-state index contributed by atoms with van der Waals surface area (Å²) in [5, 5.41) is 10.8. The van der Waals surface area contributed by atoms with E-state index in [9.17, 15) is 10.1 Å². The van der Waals surface area contributed by atoms with Crippen LogP contribution in [0, 0.1) is 10.1 Å². The molecule has 18 heavy (non-hydrogen) atoms. The zero-order valence-corrected chi connectivity index (χ0v) is 9.98. The Morgan fingerprint density at radius 3 is 2.67 bits per heavy atom. The third kappa shape index (κ3) is 2.45. The van der Waals surface area contributed by atoms with Crippen LogP contribution in [0.25, 0.3) is 12.2 Å². The van der Waals surface area contributed by atoms with Gasteiger partial charge in [-0.15, -0.1) is 0 Å². The molecule has 0 aliphatic heterocycles. The fraction of sp³-hybridized carbons (Fsp3) is 0.154. The molecule has 5 heteroatoms. The number of hydrogen-bond acceptors (Lipinski definition) is 3. The molecule has 2 aromatic rings. The summed E-state index contributed by atoms with van der Waals surface area (Å²) in [6, 6.07) is 9.77. The lowest BCUT2D eigenvalue weighted by Crippen LogP contribution is -2.03. The molecule has 0 saturated heterocycles. The largest absolute Gasteiger partial charge is 0.435 e. The Hall–Kier alpha value is -2.43. The van der Waals surface area contributed by atoms with Gasteiger partial charge in [-0.1, -0.05) is 41.4 Å². The average molecular weight is 243 g/mol. The van der Waals surface area contributed by atoms with Crippen LogP contribution in [-0.2, 0) is 6.54 Å². The normalized spacial score (nSPS) is 10.9. The van der Waals surface area contributed by atoms with Gasteiger partial charge < -0.3 is 10.1 Å². The summed E-state index contributed by atoms with van der Waals surface area (Å²) in [5.74, 6) is -0.120. The van der Waals surface area contributed by atoms with E-state index < -0.39 is 4.92 Å². The Morgan fingerprint density at radius 1 is 1.33 bits per heavy atom. The van der Waals surface area contributed by atoms with Crippen molar-refractivity contribution in [3.8, 4) is 0 Å². The van der Waals surface area contributed by atoms with Crippen molar-refractivity contribution < 1.29 is 4.92 Å². The number of aromatic nitrogens is 2. The van der Waals surface area contributed by atoms with E-state index in [2.05, 4.69) is 4.98 Å². The SMILES string of the molecule is CCn1c(/C=C/c2ccccc2)cnc1[N+](=O)[O-]. The van der Waals surface area contributed by atoms with Crippen molar-refractivity contribution >= 4 is 18.1 Å². The summed E-state index contributed by atoms with van der Waals surface area (Å²) >= 11 is 0. The second-order valence-corrected chi connectivity index (χ2v) is 3.73. The first-order chi connectivity index (χ1) is 8.72. The first kappa shape index (κ1) is 12.0. The summed E-state index contributed by atoms with van der Waals surface area (Å²) in [7, 11) is 0. The van der Waals surface area contributed by atoms with Crippen LogP contribution in [0.2, 0.25) is 0 Å². The minimum absolute atomic E-state index is 0.120. The third-order valence-corrected chi connectivity index (χ3v) is 2.59. The van der Waals surface area contributed by atoms with Gasteiger partial charge in [0.2, 0.25) is 0 Å². The predicted octanol–water partition coefficient (Wildman–Crippen LogP) is 2.98. The van der Waals surface area contributed by atoms with Crippen LogP contribution in [-0.4, -0.2) is 14.5 Å². The van der Waals surface area contributed by atoms with E-state index in [4.69, 9.17) is 0 Å². The minimum atomic E-state index is -0.469. The molecule has 92 valence electrons. The lowest BCUT2D eigenvalue weighted by Gasteiger charge is -1.99. The number of rotatable bonds is 4. The molecule has 0 aliphatic rings. The molecule has 0 saturated carbocycles. The highest BCUT2D eigenvalue weighted by atomic mass is 16.6. The smallest absolute Gasteiger partial charge is 0.390 e. The maximum absolute atomic E-state index is 10.8. The molecule has 0 spiro atoms. The van der Waals surface area contributed by atoms with Gasteiger partial charge in [0.25, 0.3) is 0 Å². The van der Waals surface area contributed by atoms with E-state index in [0.717, 1.165) is 11.3 Å². The monoisotopic (exact) mass is 243 g/mol. The Kier molecular flexibility index (Phi) is 3.52. The van der Waals surface area contributed by atoms with Crippen LogP contribution in [0.1, 0.15) is 18.2 Å². The van der Waals surface area contributed by atoms with Gasteiger partial charge in [0, 0.05) is 0 Å². The van der Waals surface area contributed by atoms with E-state index in [0.29, 0.717) is 6.54 Å². The molecule has 1 aromatic heterocycles. The van der Waals surface area contributed by atoms with Gasteiger partial charge in [-0.3, -0.25) is 0 Å². The second kappa shape index (κ2) is 5.27. The Morgan fingerprint density at radius 2 is 2.06 bits per heavy atom. The molecule has 0 atom stereocenters. The Bertz CT molecular complexity index is 573. The van der Waals surface area contributed by atoms with Crippen LogP contribution >= 0.6 is 0 Å². The van der Waals surface area contributed by atoms with Crippen LogP contribution < -0.4 is 0 Å². The van der Waals surface area contributed by atoms with Crippen LogP contribution in [0.4, 0.5) is 5.95 Å². The molecule has 0 N–H and O–H groups in total. The average Bonchev–Trinajstić information content (AvgIpc) is 2.80. The topological polar surface area (TPSA) is 61.0 Å². The highest BCUT2D eigenvalue weighted by Crippen LogP contribution is 2.15. The molecule has 0 bridgehead atoms. The van der Waals surface area contributed by atoms with Crippen molar-refractivity contribution in [2.24, 2.45) is 0 Å². The molecule has 0 amide bonds. The molecule has 2 rings (SSSR count). The quantitative estimate of drug-likeness (QED) is 0.612. The van der Waals surface area contributed by atoms with Gasteiger partial charge in [0.1, 0.15) is 11.9 Å². The number of imidazole rings is 1. The van der Waals surface area contributed by atoms with E-state index in [-0.39, 0.29) is 5.95 Å². The van der Waals surface area contributed by atoms with Crippen LogP contribution in [0.3, 0.4) is 0 Å². The molecule has 0 radical (unpaired) electrons. The molecule has 1 heterocycles. The van der Waals surface area contributed by atoms with E-state index in [1.807, 2.05) is 49.4 Å². The highest BCUT2D eigenvalue weighted by Gasteiger charge is 2.17.